The molecule has 138 valence electrons. The van der Waals surface area contributed by atoms with Crippen molar-refractivity contribution in [3.8, 4) is 11.5 Å². The van der Waals surface area contributed by atoms with Crippen LogP contribution in [0, 0.1) is 0 Å². The number of ether oxygens (including phenoxy) is 2. The molecule has 0 saturated heterocycles. The van der Waals surface area contributed by atoms with Crippen LogP contribution in [0.2, 0.25) is 5.02 Å². The number of rotatable bonds is 5. The van der Waals surface area contributed by atoms with Crippen molar-refractivity contribution in [3.05, 3.63) is 58.6 Å². The van der Waals surface area contributed by atoms with Crippen molar-refractivity contribution in [2.24, 2.45) is 0 Å². The van der Waals surface area contributed by atoms with E-state index in [9.17, 15) is 4.79 Å². The molecule has 2 rings (SSSR count). The fourth-order valence-electron chi connectivity index (χ4n) is 2.40. The fourth-order valence-corrected chi connectivity index (χ4v) is 2.63. The van der Waals surface area contributed by atoms with Crippen LogP contribution in [0.15, 0.2) is 42.5 Å². The summed E-state index contributed by atoms with van der Waals surface area (Å²) in [7, 11) is 3.03. The molecular formula is C21H24ClNO3. The first kappa shape index (κ1) is 19.9. The second kappa shape index (κ2) is 8.28. The van der Waals surface area contributed by atoms with Gasteiger partial charge in [0.05, 0.1) is 24.9 Å². The number of hydrogen-bond donors (Lipinski definition) is 1. The van der Waals surface area contributed by atoms with Gasteiger partial charge < -0.3 is 14.8 Å². The van der Waals surface area contributed by atoms with Crippen LogP contribution in [0.3, 0.4) is 0 Å². The molecule has 0 aliphatic rings. The molecule has 0 fully saturated rings. The summed E-state index contributed by atoms with van der Waals surface area (Å²) in [4.78, 5) is 12.2. The number of amides is 1. The normalized spacial score (nSPS) is 11.5. The molecule has 2 aromatic carbocycles. The molecule has 0 spiro atoms. The molecule has 1 amide bonds. The molecular weight excluding hydrogens is 350 g/mol. The van der Waals surface area contributed by atoms with Gasteiger partial charge >= 0.3 is 0 Å². The van der Waals surface area contributed by atoms with Crippen LogP contribution < -0.4 is 14.8 Å². The highest BCUT2D eigenvalue weighted by Gasteiger charge is 2.13. The molecule has 0 bridgehead atoms. The van der Waals surface area contributed by atoms with Gasteiger partial charge in [0.25, 0.3) is 0 Å². The van der Waals surface area contributed by atoms with Crippen molar-refractivity contribution in [1.29, 1.82) is 0 Å². The monoisotopic (exact) mass is 373 g/mol. The Kier molecular flexibility index (Phi) is 6.32. The Balaban J connectivity index is 2.12. The van der Waals surface area contributed by atoms with Crippen LogP contribution in [0.25, 0.3) is 6.08 Å². The van der Waals surface area contributed by atoms with Crippen molar-refractivity contribution in [3.63, 3.8) is 0 Å². The van der Waals surface area contributed by atoms with Crippen LogP contribution in [-0.2, 0) is 10.2 Å². The summed E-state index contributed by atoms with van der Waals surface area (Å²) in [5, 5.41) is 3.19. The SMILES string of the molecule is COc1cc(NC(=O)C=Cc2ccc(C(C)(C)C)cc2)c(OC)cc1Cl. The zero-order chi connectivity index (χ0) is 19.3. The van der Waals surface area contributed by atoms with Gasteiger partial charge in [-0.05, 0) is 22.6 Å². The lowest BCUT2D eigenvalue weighted by Gasteiger charge is -2.18. The van der Waals surface area contributed by atoms with E-state index >= 15 is 0 Å². The number of halogens is 1. The Bertz CT molecular complexity index is 805. The highest BCUT2D eigenvalue weighted by atomic mass is 35.5. The smallest absolute Gasteiger partial charge is 0.248 e. The van der Waals surface area contributed by atoms with E-state index in [2.05, 4.69) is 38.2 Å². The Hall–Kier alpha value is -2.46. The minimum atomic E-state index is -0.271. The number of anilines is 1. The minimum Gasteiger partial charge on any atom is -0.495 e. The van der Waals surface area contributed by atoms with E-state index in [-0.39, 0.29) is 11.3 Å². The van der Waals surface area contributed by atoms with Crippen molar-refractivity contribution < 1.29 is 14.3 Å². The summed E-state index contributed by atoms with van der Waals surface area (Å²) in [6.45, 7) is 6.50. The standard InChI is InChI=1S/C21H24ClNO3/c1-21(2,3)15-9-6-14(7-10-15)8-11-20(24)23-17-13-18(25-4)16(22)12-19(17)26-5/h6-13H,1-5H3,(H,23,24). The third-order valence-corrected chi connectivity index (χ3v) is 4.23. The predicted molar refractivity (Wildman–Crippen MR) is 107 cm³/mol. The second-order valence-electron chi connectivity index (χ2n) is 6.88. The maximum atomic E-state index is 12.2. The third kappa shape index (κ3) is 5.02. The molecule has 0 aliphatic carbocycles. The fraction of sp³-hybridized carbons (Fsp3) is 0.286. The Labute approximate surface area is 159 Å². The molecule has 26 heavy (non-hydrogen) atoms. The Morgan fingerprint density at radius 3 is 2.19 bits per heavy atom. The van der Waals surface area contributed by atoms with Crippen LogP contribution in [0.1, 0.15) is 31.9 Å². The lowest BCUT2D eigenvalue weighted by atomic mass is 9.87. The number of carbonyl (C=O) groups is 1. The number of carbonyl (C=O) groups excluding carboxylic acids is 1. The summed E-state index contributed by atoms with van der Waals surface area (Å²) >= 11 is 6.07. The highest BCUT2D eigenvalue weighted by Crippen LogP contribution is 2.35. The third-order valence-electron chi connectivity index (χ3n) is 3.94. The molecule has 0 heterocycles. The van der Waals surface area contributed by atoms with E-state index in [0.29, 0.717) is 22.2 Å². The largest absolute Gasteiger partial charge is 0.495 e. The molecule has 5 heteroatoms. The summed E-state index contributed by atoms with van der Waals surface area (Å²) in [6.07, 6.45) is 3.24. The van der Waals surface area contributed by atoms with Crippen LogP contribution in [0.5, 0.6) is 11.5 Å². The van der Waals surface area contributed by atoms with E-state index < -0.39 is 0 Å². The van der Waals surface area contributed by atoms with Gasteiger partial charge in [0.1, 0.15) is 11.5 Å². The van der Waals surface area contributed by atoms with E-state index in [1.165, 1.54) is 25.9 Å². The van der Waals surface area contributed by atoms with Gasteiger partial charge in [-0.25, -0.2) is 0 Å². The number of benzene rings is 2. The zero-order valence-corrected chi connectivity index (χ0v) is 16.5. The molecule has 2 aromatic rings. The first-order valence-electron chi connectivity index (χ1n) is 8.25. The predicted octanol–water partition coefficient (Wildman–Crippen LogP) is 5.31. The second-order valence-corrected chi connectivity index (χ2v) is 7.29. The number of nitrogens with one attached hydrogen (secondary N) is 1. The number of hydrogen-bond acceptors (Lipinski definition) is 3. The topological polar surface area (TPSA) is 47.6 Å². The van der Waals surface area contributed by atoms with Gasteiger partial charge in [0.2, 0.25) is 5.91 Å². The van der Waals surface area contributed by atoms with Gasteiger partial charge in [-0.2, -0.15) is 0 Å². The quantitative estimate of drug-likeness (QED) is 0.723. The van der Waals surface area contributed by atoms with E-state index in [0.717, 1.165) is 5.56 Å². The molecule has 0 atom stereocenters. The summed E-state index contributed by atoms with van der Waals surface area (Å²) in [6, 6.07) is 11.4. The summed E-state index contributed by atoms with van der Waals surface area (Å²) in [5.74, 6) is 0.657. The van der Waals surface area contributed by atoms with Crippen LogP contribution >= 0.6 is 11.6 Å². The maximum absolute atomic E-state index is 12.2. The highest BCUT2D eigenvalue weighted by molar-refractivity contribution is 6.32. The molecule has 1 N–H and O–H groups in total. The average Bonchev–Trinajstić information content (AvgIpc) is 2.60. The van der Waals surface area contributed by atoms with Gasteiger partial charge in [0, 0.05) is 18.2 Å². The molecule has 0 radical (unpaired) electrons. The number of methoxy groups -OCH3 is 2. The Morgan fingerprint density at radius 2 is 1.65 bits per heavy atom. The minimum absolute atomic E-state index is 0.101. The Morgan fingerprint density at radius 1 is 1.04 bits per heavy atom. The summed E-state index contributed by atoms with van der Waals surface area (Å²) < 4.78 is 10.4. The zero-order valence-electron chi connectivity index (χ0n) is 15.7. The lowest BCUT2D eigenvalue weighted by Crippen LogP contribution is -2.10. The van der Waals surface area contributed by atoms with Gasteiger partial charge in [-0.15, -0.1) is 0 Å². The van der Waals surface area contributed by atoms with E-state index in [4.69, 9.17) is 21.1 Å². The first-order chi connectivity index (χ1) is 12.2. The maximum Gasteiger partial charge on any atom is 0.248 e. The molecule has 0 aromatic heterocycles. The summed E-state index contributed by atoms with van der Waals surface area (Å²) in [5.41, 5.74) is 2.79. The first-order valence-corrected chi connectivity index (χ1v) is 8.63. The lowest BCUT2D eigenvalue weighted by molar-refractivity contribution is -0.111. The van der Waals surface area contributed by atoms with Gasteiger partial charge in [0.15, 0.2) is 0 Å². The van der Waals surface area contributed by atoms with Crippen molar-refractivity contribution in [2.45, 2.75) is 26.2 Å². The van der Waals surface area contributed by atoms with E-state index in [1.807, 2.05) is 12.1 Å². The van der Waals surface area contributed by atoms with Gasteiger partial charge in [-0.1, -0.05) is 56.6 Å². The molecule has 0 unspecified atom stereocenters. The molecule has 0 saturated carbocycles. The average molecular weight is 374 g/mol. The van der Waals surface area contributed by atoms with Gasteiger partial charge in [-0.3, -0.25) is 4.79 Å². The van der Waals surface area contributed by atoms with E-state index in [1.54, 1.807) is 18.2 Å². The van der Waals surface area contributed by atoms with Crippen molar-refractivity contribution in [2.75, 3.05) is 19.5 Å². The molecule has 4 nitrogen and oxygen atoms in total. The van der Waals surface area contributed by atoms with Crippen molar-refractivity contribution in [1.82, 2.24) is 0 Å². The van der Waals surface area contributed by atoms with Crippen LogP contribution in [0.4, 0.5) is 5.69 Å². The van der Waals surface area contributed by atoms with Crippen LogP contribution in [-0.4, -0.2) is 20.1 Å². The van der Waals surface area contributed by atoms with Crippen molar-refractivity contribution >= 4 is 29.3 Å². The molecule has 0 aliphatic heterocycles.